The highest BCUT2D eigenvalue weighted by Gasteiger charge is 2.29. The summed E-state index contributed by atoms with van der Waals surface area (Å²) < 4.78 is 5.99. The maximum absolute atomic E-state index is 6.45. The van der Waals surface area contributed by atoms with Gasteiger partial charge in [0.05, 0.1) is 6.10 Å². The summed E-state index contributed by atoms with van der Waals surface area (Å²) in [6, 6.07) is 7.99. The molecule has 1 aromatic carbocycles. The van der Waals surface area contributed by atoms with Crippen molar-refractivity contribution in [2.75, 3.05) is 6.61 Å². The smallest absolute Gasteiger partial charge is 0.0757 e. The minimum atomic E-state index is 0.0259. The van der Waals surface area contributed by atoms with E-state index in [0.717, 1.165) is 23.6 Å². The largest absolute Gasteiger partial charge is 0.377 e. The second-order valence-electron chi connectivity index (χ2n) is 5.78. The van der Waals surface area contributed by atoms with Crippen LogP contribution in [0.3, 0.4) is 0 Å². The molecule has 2 unspecified atom stereocenters. The van der Waals surface area contributed by atoms with Gasteiger partial charge in [-0.1, -0.05) is 49.1 Å². The number of rotatable bonds is 6. The molecule has 0 heterocycles. The Morgan fingerprint density at radius 1 is 1.25 bits per heavy atom. The van der Waals surface area contributed by atoms with Crippen LogP contribution in [0, 0.1) is 5.92 Å². The number of hydrogen-bond donors (Lipinski definition) is 1. The molecule has 20 heavy (non-hydrogen) atoms. The van der Waals surface area contributed by atoms with Gasteiger partial charge >= 0.3 is 0 Å². The molecule has 1 aliphatic carbocycles. The van der Waals surface area contributed by atoms with Gasteiger partial charge in [0.1, 0.15) is 0 Å². The van der Waals surface area contributed by atoms with Gasteiger partial charge in [0, 0.05) is 17.7 Å². The molecule has 2 N–H and O–H groups in total. The fourth-order valence-electron chi connectivity index (χ4n) is 3.30. The van der Waals surface area contributed by atoms with Gasteiger partial charge in [-0.15, -0.1) is 0 Å². The molecule has 0 aromatic heterocycles. The third kappa shape index (κ3) is 4.21. The lowest BCUT2D eigenvalue weighted by Crippen LogP contribution is -2.44. The highest BCUT2D eigenvalue weighted by atomic mass is 35.5. The summed E-state index contributed by atoms with van der Waals surface area (Å²) in [6.07, 6.45) is 7.44. The molecule has 0 radical (unpaired) electrons. The second-order valence-corrected chi connectivity index (χ2v) is 6.18. The fourth-order valence-corrected chi connectivity index (χ4v) is 3.51. The molecule has 2 atom stereocenters. The summed E-state index contributed by atoms with van der Waals surface area (Å²) in [5.41, 5.74) is 7.58. The van der Waals surface area contributed by atoms with Crippen LogP contribution >= 0.6 is 11.6 Å². The highest BCUT2D eigenvalue weighted by Crippen LogP contribution is 2.30. The van der Waals surface area contributed by atoms with E-state index in [4.69, 9.17) is 22.1 Å². The van der Waals surface area contributed by atoms with Gasteiger partial charge in [0.15, 0.2) is 0 Å². The van der Waals surface area contributed by atoms with Crippen LogP contribution in [-0.2, 0) is 11.2 Å². The quantitative estimate of drug-likeness (QED) is 0.854. The van der Waals surface area contributed by atoms with Crippen molar-refractivity contribution >= 4 is 11.6 Å². The number of ether oxygens (including phenoxy) is 1. The lowest BCUT2D eigenvalue weighted by Gasteiger charge is -2.34. The summed E-state index contributed by atoms with van der Waals surface area (Å²) in [6.45, 7) is 2.79. The number of hydrogen-bond acceptors (Lipinski definition) is 2. The Kier molecular flexibility index (Phi) is 6.34. The van der Waals surface area contributed by atoms with Gasteiger partial charge in [-0.25, -0.2) is 0 Å². The van der Waals surface area contributed by atoms with E-state index in [-0.39, 0.29) is 12.1 Å². The zero-order chi connectivity index (χ0) is 14.4. The van der Waals surface area contributed by atoms with E-state index in [9.17, 15) is 0 Å². The Labute approximate surface area is 127 Å². The van der Waals surface area contributed by atoms with Crippen molar-refractivity contribution in [2.45, 2.75) is 57.6 Å². The minimum Gasteiger partial charge on any atom is -0.377 e. The molecular formula is C17H26ClNO. The lowest BCUT2D eigenvalue weighted by molar-refractivity contribution is -0.00911. The first-order valence-corrected chi connectivity index (χ1v) is 8.20. The van der Waals surface area contributed by atoms with Crippen LogP contribution in [-0.4, -0.2) is 18.8 Å². The van der Waals surface area contributed by atoms with Gasteiger partial charge in [-0.2, -0.15) is 0 Å². The Bertz CT molecular complexity index is 404. The summed E-state index contributed by atoms with van der Waals surface area (Å²) in [5, 5.41) is 0.807. The molecule has 3 heteroatoms. The highest BCUT2D eigenvalue weighted by molar-refractivity contribution is 6.31. The normalized spacial score (nSPS) is 19.8. The first-order chi connectivity index (χ1) is 9.72. The van der Waals surface area contributed by atoms with E-state index in [1.54, 1.807) is 0 Å². The van der Waals surface area contributed by atoms with E-state index in [1.807, 2.05) is 18.2 Å². The third-order valence-corrected chi connectivity index (χ3v) is 4.68. The van der Waals surface area contributed by atoms with E-state index in [1.165, 1.54) is 32.1 Å². The van der Waals surface area contributed by atoms with Crippen LogP contribution in [0.2, 0.25) is 5.02 Å². The maximum atomic E-state index is 6.45. The number of halogens is 1. The molecule has 0 saturated heterocycles. The summed E-state index contributed by atoms with van der Waals surface area (Å²) in [7, 11) is 0. The molecule has 2 nitrogen and oxygen atoms in total. The first-order valence-electron chi connectivity index (χ1n) is 7.83. The Hall–Kier alpha value is -0.570. The fraction of sp³-hybridized carbons (Fsp3) is 0.647. The zero-order valence-corrected chi connectivity index (χ0v) is 13.1. The van der Waals surface area contributed by atoms with Crippen LogP contribution < -0.4 is 5.73 Å². The molecule has 1 fully saturated rings. The predicted molar refractivity (Wildman–Crippen MR) is 85.1 cm³/mol. The molecule has 1 saturated carbocycles. The van der Waals surface area contributed by atoms with Gasteiger partial charge in [-0.05, 0) is 43.7 Å². The predicted octanol–water partition coefficient (Wildman–Crippen LogP) is 4.20. The topological polar surface area (TPSA) is 35.2 Å². The van der Waals surface area contributed by atoms with Crippen molar-refractivity contribution in [1.29, 1.82) is 0 Å². The number of benzene rings is 1. The average Bonchev–Trinajstić information content (AvgIpc) is 2.48. The van der Waals surface area contributed by atoms with Gasteiger partial charge in [0.2, 0.25) is 0 Å². The van der Waals surface area contributed by atoms with E-state index in [0.29, 0.717) is 5.92 Å². The SMILES string of the molecule is CCOC(C(N)Cc1ccccc1Cl)C1CCCCC1. The van der Waals surface area contributed by atoms with Crippen LogP contribution in [0.1, 0.15) is 44.6 Å². The van der Waals surface area contributed by atoms with Crippen molar-refractivity contribution in [2.24, 2.45) is 11.7 Å². The third-order valence-electron chi connectivity index (χ3n) is 4.31. The van der Waals surface area contributed by atoms with E-state index >= 15 is 0 Å². The van der Waals surface area contributed by atoms with Crippen LogP contribution in [0.4, 0.5) is 0 Å². The molecule has 1 aromatic rings. The summed E-state index contributed by atoms with van der Waals surface area (Å²) in [4.78, 5) is 0. The zero-order valence-electron chi connectivity index (χ0n) is 12.4. The van der Waals surface area contributed by atoms with E-state index < -0.39 is 0 Å². The van der Waals surface area contributed by atoms with Crippen molar-refractivity contribution in [3.05, 3.63) is 34.9 Å². The molecule has 0 spiro atoms. The summed E-state index contributed by atoms with van der Waals surface area (Å²) >= 11 is 6.24. The second kappa shape index (κ2) is 8.02. The molecular weight excluding hydrogens is 270 g/mol. The molecule has 0 bridgehead atoms. The molecule has 0 aliphatic heterocycles. The number of nitrogens with two attached hydrogens (primary N) is 1. The average molecular weight is 296 g/mol. The van der Waals surface area contributed by atoms with Crippen molar-refractivity contribution in [3.63, 3.8) is 0 Å². The molecule has 1 aliphatic rings. The van der Waals surface area contributed by atoms with E-state index in [2.05, 4.69) is 13.0 Å². The lowest BCUT2D eigenvalue weighted by atomic mass is 9.81. The Morgan fingerprint density at radius 3 is 2.60 bits per heavy atom. The first kappa shape index (κ1) is 15.8. The molecule has 0 amide bonds. The minimum absolute atomic E-state index is 0.0259. The van der Waals surface area contributed by atoms with Crippen LogP contribution in [0.25, 0.3) is 0 Å². The maximum Gasteiger partial charge on any atom is 0.0757 e. The van der Waals surface area contributed by atoms with Crippen LogP contribution in [0.15, 0.2) is 24.3 Å². The van der Waals surface area contributed by atoms with Crippen LogP contribution in [0.5, 0.6) is 0 Å². The van der Waals surface area contributed by atoms with Crippen molar-refractivity contribution in [1.82, 2.24) is 0 Å². The monoisotopic (exact) mass is 295 g/mol. The van der Waals surface area contributed by atoms with Gasteiger partial charge < -0.3 is 10.5 Å². The van der Waals surface area contributed by atoms with Crippen molar-refractivity contribution < 1.29 is 4.74 Å². The van der Waals surface area contributed by atoms with Gasteiger partial charge in [0.25, 0.3) is 0 Å². The van der Waals surface area contributed by atoms with Crippen molar-refractivity contribution in [3.8, 4) is 0 Å². The standard InChI is InChI=1S/C17H26ClNO/c1-2-20-17(13-8-4-3-5-9-13)16(19)12-14-10-6-7-11-15(14)18/h6-7,10-11,13,16-17H,2-5,8-9,12,19H2,1H3. The Morgan fingerprint density at radius 2 is 1.95 bits per heavy atom. The molecule has 112 valence electrons. The Balaban J connectivity index is 2.02. The van der Waals surface area contributed by atoms with Gasteiger partial charge in [-0.3, -0.25) is 0 Å². The molecule has 2 rings (SSSR count). The summed E-state index contributed by atoms with van der Waals surface area (Å²) in [5.74, 6) is 0.612.